The highest BCUT2D eigenvalue weighted by atomic mass is 14.5. The number of nitrogens with zero attached hydrogens (tertiary/aromatic N) is 1. The summed E-state index contributed by atoms with van der Waals surface area (Å²) < 4.78 is 0. The Labute approximate surface area is 74.8 Å². The lowest BCUT2D eigenvalue weighted by molar-refractivity contribution is 0.161. The van der Waals surface area contributed by atoms with Crippen molar-refractivity contribution in [2.45, 2.75) is 45.4 Å². The molecule has 0 aromatic heterocycles. The molecular formula is C11H17N. The second-order valence-corrected chi connectivity index (χ2v) is 4.76. The largest absolute Gasteiger partial charge is 0.198 e. The molecule has 0 bridgehead atoms. The average molecular weight is 163 g/mol. The minimum atomic E-state index is 0.113. The van der Waals surface area contributed by atoms with Crippen LogP contribution >= 0.6 is 0 Å². The van der Waals surface area contributed by atoms with Gasteiger partial charge in [0.05, 0.1) is 11.5 Å². The second kappa shape index (κ2) is 2.76. The van der Waals surface area contributed by atoms with Crippen molar-refractivity contribution < 1.29 is 0 Å². The van der Waals surface area contributed by atoms with Crippen molar-refractivity contribution in [2.75, 3.05) is 0 Å². The van der Waals surface area contributed by atoms with E-state index in [1.54, 1.807) is 0 Å². The van der Waals surface area contributed by atoms with Crippen LogP contribution in [0.5, 0.6) is 0 Å². The van der Waals surface area contributed by atoms with Crippen LogP contribution in [0.2, 0.25) is 0 Å². The summed E-state index contributed by atoms with van der Waals surface area (Å²) in [4.78, 5) is 0. The van der Waals surface area contributed by atoms with Gasteiger partial charge in [-0.15, -0.1) is 0 Å². The molecule has 0 saturated heterocycles. The van der Waals surface area contributed by atoms with Gasteiger partial charge in [0, 0.05) is 0 Å². The van der Waals surface area contributed by atoms with Crippen LogP contribution in [-0.2, 0) is 0 Å². The van der Waals surface area contributed by atoms with Gasteiger partial charge in [-0.25, -0.2) is 0 Å². The Morgan fingerprint density at radius 1 is 1.50 bits per heavy atom. The van der Waals surface area contributed by atoms with Crippen molar-refractivity contribution >= 4 is 0 Å². The van der Waals surface area contributed by atoms with Crippen molar-refractivity contribution in [1.29, 1.82) is 5.26 Å². The zero-order valence-electron chi connectivity index (χ0n) is 7.84. The molecule has 1 heteroatoms. The monoisotopic (exact) mass is 163 g/mol. The summed E-state index contributed by atoms with van der Waals surface area (Å²) in [6, 6.07) is 2.53. The Hall–Kier alpha value is -0.510. The van der Waals surface area contributed by atoms with Crippen molar-refractivity contribution in [3.05, 3.63) is 0 Å². The molecule has 0 spiro atoms. The molecule has 12 heavy (non-hydrogen) atoms. The molecule has 1 nitrogen and oxygen atoms in total. The molecule has 1 atom stereocenters. The summed E-state index contributed by atoms with van der Waals surface area (Å²) in [6.07, 6.45) is 7.63. The van der Waals surface area contributed by atoms with Gasteiger partial charge in [0.15, 0.2) is 0 Å². The molecule has 0 amide bonds. The first-order valence-electron chi connectivity index (χ1n) is 5.17. The lowest BCUT2D eigenvalue weighted by Gasteiger charge is -2.37. The van der Waals surface area contributed by atoms with Gasteiger partial charge < -0.3 is 0 Å². The molecule has 0 aromatic carbocycles. The van der Waals surface area contributed by atoms with E-state index in [1.165, 1.54) is 38.5 Å². The molecule has 1 unspecified atom stereocenters. The van der Waals surface area contributed by atoms with Gasteiger partial charge in [-0.3, -0.25) is 0 Å². The van der Waals surface area contributed by atoms with Gasteiger partial charge in [-0.2, -0.15) is 5.26 Å². The number of rotatable bonds is 3. The smallest absolute Gasteiger partial charge is 0.0689 e. The SMILES string of the molecule is CC(CC1(C#N)CCC1)C1CC1. The Morgan fingerprint density at radius 2 is 2.17 bits per heavy atom. The van der Waals surface area contributed by atoms with Crippen LogP contribution in [0.4, 0.5) is 0 Å². The van der Waals surface area contributed by atoms with E-state index in [0.717, 1.165) is 11.8 Å². The molecule has 0 heterocycles. The zero-order chi connectivity index (χ0) is 8.60. The predicted octanol–water partition coefficient (Wildman–Crippen LogP) is 3.12. The van der Waals surface area contributed by atoms with Crippen LogP contribution in [0.15, 0.2) is 0 Å². The predicted molar refractivity (Wildman–Crippen MR) is 48.4 cm³/mol. The van der Waals surface area contributed by atoms with Crippen LogP contribution in [0.1, 0.15) is 45.4 Å². The summed E-state index contributed by atoms with van der Waals surface area (Å²) in [7, 11) is 0. The van der Waals surface area contributed by atoms with E-state index < -0.39 is 0 Å². The first-order valence-corrected chi connectivity index (χ1v) is 5.17. The Morgan fingerprint density at radius 3 is 2.50 bits per heavy atom. The van der Waals surface area contributed by atoms with Gasteiger partial charge in [0.2, 0.25) is 0 Å². The number of hydrogen-bond donors (Lipinski definition) is 0. The molecule has 0 aromatic rings. The van der Waals surface area contributed by atoms with Gasteiger partial charge in [0.25, 0.3) is 0 Å². The summed E-state index contributed by atoms with van der Waals surface area (Å²) in [5, 5.41) is 9.04. The highest BCUT2D eigenvalue weighted by Gasteiger charge is 2.41. The minimum absolute atomic E-state index is 0.113. The van der Waals surface area contributed by atoms with Crippen LogP contribution in [0.3, 0.4) is 0 Å². The Balaban J connectivity index is 1.87. The third-order valence-electron chi connectivity index (χ3n) is 3.69. The van der Waals surface area contributed by atoms with Crippen LogP contribution < -0.4 is 0 Å². The van der Waals surface area contributed by atoms with E-state index in [1.807, 2.05) is 0 Å². The molecule has 2 saturated carbocycles. The van der Waals surface area contributed by atoms with E-state index in [-0.39, 0.29) is 5.41 Å². The molecule has 2 aliphatic carbocycles. The zero-order valence-corrected chi connectivity index (χ0v) is 7.84. The average Bonchev–Trinajstić information content (AvgIpc) is 2.78. The lowest BCUT2D eigenvalue weighted by atomic mass is 9.65. The maximum absolute atomic E-state index is 9.04. The molecule has 66 valence electrons. The quantitative estimate of drug-likeness (QED) is 0.627. The summed E-state index contributed by atoms with van der Waals surface area (Å²) in [6.45, 7) is 2.33. The topological polar surface area (TPSA) is 23.8 Å². The molecule has 0 N–H and O–H groups in total. The van der Waals surface area contributed by atoms with Gasteiger partial charge in [-0.1, -0.05) is 13.3 Å². The van der Waals surface area contributed by atoms with E-state index in [4.69, 9.17) is 5.26 Å². The first-order chi connectivity index (χ1) is 5.76. The van der Waals surface area contributed by atoms with Crippen molar-refractivity contribution in [2.24, 2.45) is 17.3 Å². The van der Waals surface area contributed by atoms with E-state index >= 15 is 0 Å². The van der Waals surface area contributed by atoms with Crippen LogP contribution in [0.25, 0.3) is 0 Å². The minimum Gasteiger partial charge on any atom is -0.198 e. The normalized spacial score (nSPS) is 28.7. The maximum Gasteiger partial charge on any atom is 0.0689 e. The van der Waals surface area contributed by atoms with Crippen LogP contribution in [0, 0.1) is 28.6 Å². The summed E-state index contributed by atoms with van der Waals surface area (Å²) in [5.74, 6) is 1.78. The van der Waals surface area contributed by atoms with Gasteiger partial charge >= 0.3 is 0 Å². The second-order valence-electron chi connectivity index (χ2n) is 4.76. The highest BCUT2D eigenvalue weighted by Crippen LogP contribution is 2.49. The third-order valence-corrected chi connectivity index (χ3v) is 3.69. The standard InChI is InChI=1S/C11H17N/c1-9(10-3-4-10)7-11(8-12)5-2-6-11/h9-10H,2-7H2,1H3. The number of hydrogen-bond acceptors (Lipinski definition) is 1. The molecule has 0 radical (unpaired) electrons. The molecule has 2 rings (SSSR count). The molecule has 2 aliphatic rings. The molecular weight excluding hydrogens is 146 g/mol. The number of nitriles is 1. The van der Waals surface area contributed by atoms with Crippen LogP contribution in [-0.4, -0.2) is 0 Å². The fourth-order valence-corrected chi connectivity index (χ4v) is 2.41. The third kappa shape index (κ3) is 1.35. The van der Waals surface area contributed by atoms with E-state index in [2.05, 4.69) is 13.0 Å². The maximum atomic E-state index is 9.04. The lowest BCUT2D eigenvalue weighted by Crippen LogP contribution is -2.29. The van der Waals surface area contributed by atoms with E-state index in [9.17, 15) is 0 Å². The van der Waals surface area contributed by atoms with Gasteiger partial charge in [0.1, 0.15) is 0 Å². The van der Waals surface area contributed by atoms with Gasteiger partial charge in [-0.05, 0) is 43.9 Å². The van der Waals surface area contributed by atoms with Crippen molar-refractivity contribution in [3.63, 3.8) is 0 Å². The Bertz CT molecular complexity index is 206. The fraction of sp³-hybridized carbons (Fsp3) is 0.909. The first kappa shape index (κ1) is 8.10. The highest BCUT2D eigenvalue weighted by molar-refractivity contribution is 5.05. The Kier molecular flexibility index (Phi) is 1.87. The van der Waals surface area contributed by atoms with Crippen molar-refractivity contribution in [3.8, 4) is 6.07 Å². The van der Waals surface area contributed by atoms with Crippen molar-refractivity contribution in [1.82, 2.24) is 0 Å². The molecule has 2 fully saturated rings. The summed E-state index contributed by atoms with van der Waals surface area (Å²) >= 11 is 0. The summed E-state index contributed by atoms with van der Waals surface area (Å²) in [5.41, 5.74) is 0.113. The van der Waals surface area contributed by atoms with E-state index in [0.29, 0.717) is 0 Å². The fourth-order valence-electron chi connectivity index (χ4n) is 2.41. The molecule has 0 aliphatic heterocycles.